The van der Waals surface area contributed by atoms with Crippen molar-refractivity contribution in [1.29, 1.82) is 0 Å². The number of non-ortho nitro benzene ring substituents is 1. The number of nitro groups is 1. The van der Waals surface area contributed by atoms with Crippen LogP contribution >= 0.6 is 0 Å². The lowest BCUT2D eigenvalue weighted by Crippen LogP contribution is -2.61. The summed E-state index contributed by atoms with van der Waals surface area (Å²) in [6.07, 6.45) is 0.460. The van der Waals surface area contributed by atoms with E-state index in [1.165, 1.54) is 18.2 Å². The number of nitrogens with zero attached hydrogens (tertiary/aromatic N) is 3. The van der Waals surface area contributed by atoms with Gasteiger partial charge in [0.25, 0.3) is 5.69 Å². The van der Waals surface area contributed by atoms with E-state index in [0.717, 1.165) is 23.5 Å². The second kappa shape index (κ2) is 7.69. The van der Waals surface area contributed by atoms with Crippen molar-refractivity contribution in [2.24, 2.45) is 5.92 Å². The van der Waals surface area contributed by atoms with Crippen LogP contribution in [0, 0.1) is 21.8 Å². The average Bonchev–Trinajstić information content (AvgIpc) is 2.73. The van der Waals surface area contributed by atoms with E-state index >= 15 is 0 Å². The van der Waals surface area contributed by atoms with Gasteiger partial charge in [-0.3, -0.25) is 14.9 Å². The Morgan fingerprint density at radius 3 is 2.69 bits per heavy atom. The molecule has 0 aromatic heterocycles. The van der Waals surface area contributed by atoms with E-state index < -0.39 is 4.92 Å². The molecule has 0 spiro atoms. The Morgan fingerprint density at radius 1 is 1.24 bits per heavy atom. The summed E-state index contributed by atoms with van der Waals surface area (Å²) >= 11 is 0. The molecule has 29 heavy (non-hydrogen) atoms. The summed E-state index contributed by atoms with van der Waals surface area (Å²) in [6.45, 7) is 4.45. The van der Waals surface area contributed by atoms with Crippen LogP contribution in [0.3, 0.4) is 0 Å². The van der Waals surface area contributed by atoms with Crippen LogP contribution in [0.5, 0.6) is 0 Å². The standard InChI is InChI=1S/C21H23FN4O3/c1-2-23-21(27)18-12-14-11-17(26(28)29)7-8-19(14)25-10-9-24(13-20(18)25)16-5-3-15(22)4-6-16/h3-8,11,18,20H,2,9-10,12-13H2,1H3,(H,23,27)/t18-,20+/m1/s1. The molecule has 2 aromatic carbocycles. The van der Waals surface area contributed by atoms with E-state index in [-0.39, 0.29) is 29.4 Å². The third-order valence-corrected chi connectivity index (χ3v) is 5.79. The minimum absolute atomic E-state index is 0.0411. The number of halogens is 1. The first-order chi connectivity index (χ1) is 14.0. The number of carbonyl (C=O) groups is 1. The second-order valence-corrected chi connectivity index (χ2v) is 7.46. The Morgan fingerprint density at radius 2 is 2.00 bits per heavy atom. The predicted molar refractivity (Wildman–Crippen MR) is 109 cm³/mol. The SMILES string of the molecule is CCNC(=O)[C@@H]1Cc2cc([N+](=O)[O-])ccc2N2CCN(c3ccc(F)cc3)C[C@@H]12. The highest BCUT2D eigenvalue weighted by Crippen LogP contribution is 2.38. The van der Waals surface area contributed by atoms with Crippen molar-refractivity contribution in [3.05, 3.63) is 64.0 Å². The van der Waals surface area contributed by atoms with Gasteiger partial charge in [0, 0.05) is 49.7 Å². The molecule has 152 valence electrons. The summed E-state index contributed by atoms with van der Waals surface area (Å²) in [5.74, 6) is -0.630. The van der Waals surface area contributed by atoms with Crippen molar-refractivity contribution in [2.75, 3.05) is 36.0 Å². The van der Waals surface area contributed by atoms with E-state index in [1.54, 1.807) is 24.3 Å². The van der Waals surface area contributed by atoms with Crippen molar-refractivity contribution >= 4 is 23.0 Å². The van der Waals surface area contributed by atoms with E-state index in [9.17, 15) is 19.3 Å². The molecule has 1 saturated heterocycles. The van der Waals surface area contributed by atoms with Gasteiger partial charge in [0.15, 0.2) is 0 Å². The van der Waals surface area contributed by atoms with E-state index in [2.05, 4.69) is 15.1 Å². The lowest BCUT2D eigenvalue weighted by atomic mass is 9.83. The summed E-state index contributed by atoms with van der Waals surface area (Å²) in [5, 5.41) is 14.1. The molecule has 1 amide bonds. The van der Waals surface area contributed by atoms with E-state index in [4.69, 9.17) is 0 Å². The number of piperazine rings is 1. The van der Waals surface area contributed by atoms with E-state index in [1.807, 2.05) is 6.92 Å². The fourth-order valence-electron chi connectivity index (χ4n) is 4.41. The molecule has 0 radical (unpaired) electrons. The van der Waals surface area contributed by atoms with Gasteiger partial charge in [0.1, 0.15) is 5.82 Å². The molecule has 4 rings (SSSR count). The zero-order chi connectivity index (χ0) is 20.5. The Labute approximate surface area is 168 Å². The number of nitrogens with one attached hydrogen (secondary N) is 1. The van der Waals surface area contributed by atoms with Crippen LogP contribution in [0.2, 0.25) is 0 Å². The number of amides is 1. The number of carbonyl (C=O) groups excluding carboxylic acids is 1. The Balaban J connectivity index is 1.67. The number of rotatable bonds is 4. The molecule has 0 aliphatic carbocycles. The first kappa shape index (κ1) is 19.2. The molecule has 1 N–H and O–H groups in total. The molecule has 1 fully saturated rings. The predicted octanol–water partition coefficient (Wildman–Crippen LogP) is 2.74. The quantitative estimate of drug-likeness (QED) is 0.633. The Bertz CT molecular complexity index is 934. The highest BCUT2D eigenvalue weighted by Gasteiger charge is 2.41. The zero-order valence-corrected chi connectivity index (χ0v) is 16.2. The van der Waals surface area contributed by atoms with Crippen LogP contribution in [0.1, 0.15) is 12.5 Å². The number of hydrogen-bond acceptors (Lipinski definition) is 5. The third-order valence-electron chi connectivity index (χ3n) is 5.79. The normalized spacial score (nSPS) is 20.6. The van der Waals surface area contributed by atoms with Gasteiger partial charge >= 0.3 is 0 Å². The molecular formula is C21H23FN4O3. The van der Waals surface area contributed by atoms with Gasteiger partial charge in [-0.15, -0.1) is 0 Å². The average molecular weight is 398 g/mol. The molecular weight excluding hydrogens is 375 g/mol. The molecule has 2 heterocycles. The summed E-state index contributed by atoms with van der Waals surface area (Å²) in [7, 11) is 0. The minimum Gasteiger partial charge on any atom is -0.368 e. The summed E-state index contributed by atoms with van der Waals surface area (Å²) < 4.78 is 13.3. The number of fused-ring (bicyclic) bond motifs is 3. The first-order valence-electron chi connectivity index (χ1n) is 9.80. The maximum Gasteiger partial charge on any atom is 0.269 e. The smallest absolute Gasteiger partial charge is 0.269 e. The molecule has 8 heteroatoms. The van der Waals surface area contributed by atoms with Gasteiger partial charge in [-0.1, -0.05) is 0 Å². The van der Waals surface area contributed by atoms with Gasteiger partial charge in [-0.2, -0.15) is 0 Å². The van der Waals surface area contributed by atoms with Crippen molar-refractivity contribution in [3.8, 4) is 0 Å². The largest absolute Gasteiger partial charge is 0.368 e. The Hall–Kier alpha value is -3.16. The van der Waals surface area contributed by atoms with Crippen molar-refractivity contribution in [1.82, 2.24) is 5.32 Å². The van der Waals surface area contributed by atoms with Crippen molar-refractivity contribution in [2.45, 2.75) is 19.4 Å². The van der Waals surface area contributed by atoms with Crippen LogP contribution in [-0.4, -0.2) is 43.1 Å². The molecule has 0 saturated carbocycles. The summed E-state index contributed by atoms with van der Waals surface area (Å²) in [4.78, 5) is 28.0. The van der Waals surface area contributed by atoms with Crippen molar-refractivity contribution in [3.63, 3.8) is 0 Å². The van der Waals surface area contributed by atoms with Gasteiger partial charge in [-0.05, 0) is 49.2 Å². The van der Waals surface area contributed by atoms with Crippen LogP contribution in [0.4, 0.5) is 21.5 Å². The number of anilines is 2. The Kier molecular flexibility index (Phi) is 5.08. The van der Waals surface area contributed by atoms with Gasteiger partial charge in [0.2, 0.25) is 5.91 Å². The van der Waals surface area contributed by atoms with Gasteiger partial charge in [-0.25, -0.2) is 4.39 Å². The summed E-state index contributed by atoms with van der Waals surface area (Å²) in [5.41, 5.74) is 2.76. The summed E-state index contributed by atoms with van der Waals surface area (Å²) in [6, 6.07) is 11.2. The number of nitro benzene ring substituents is 1. The second-order valence-electron chi connectivity index (χ2n) is 7.46. The number of hydrogen-bond donors (Lipinski definition) is 1. The zero-order valence-electron chi connectivity index (χ0n) is 16.2. The maximum atomic E-state index is 13.3. The lowest BCUT2D eigenvalue weighted by Gasteiger charge is -2.49. The highest BCUT2D eigenvalue weighted by atomic mass is 19.1. The maximum absolute atomic E-state index is 13.3. The van der Waals surface area contributed by atoms with Crippen molar-refractivity contribution < 1.29 is 14.1 Å². The molecule has 0 unspecified atom stereocenters. The number of benzene rings is 2. The van der Waals surface area contributed by atoms with Crippen LogP contribution in [0.25, 0.3) is 0 Å². The molecule has 2 aliphatic rings. The van der Waals surface area contributed by atoms with E-state index in [0.29, 0.717) is 26.1 Å². The minimum atomic E-state index is -0.403. The molecule has 2 aromatic rings. The van der Waals surface area contributed by atoms with Crippen LogP contribution < -0.4 is 15.1 Å². The third kappa shape index (κ3) is 3.62. The fraction of sp³-hybridized carbons (Fsp3) is 0.381. The van der Waals surface area contributed by atoms with Crippen LogP contribution in [-0.2, 0) is 11.2 Å². The monoisotopic (exact) mass is 398 g/mol. The highest BCUT2D eigenvalue weighted by molar-refractivity contribution is 5.82. The first-order valence-corrected chi connectivity index (χ1v) is 9.80. The van der Waals surface area contributed by atoms with Gasteiger partial charge in [0.05, 0.1) is 16.9 Å². The fourth-order valence-corrected chi connectivity index (χ4v) is 4.41. The van der Waals surface area contributed by atoms with Crippen LogP contribution in [0.15, 0.2) is 42.5 Å². The topological polar surface area (TPSA) is 78.7 Å². The lowest BCUT2D eigenvalue weighted by molar-refractivity contribution is -0.384. The van der Waals surface area contributed by atoms with Gasteiger partial charge < -0.3 is 15.1 Å². The molecule has 0 bridgehead atoms. The molecule has 2 aliphatic heterocycles. The molecule has 7 nitrogen and oxygen atoms in total. The molecule has 2 atom stereocenters.